The molecule has 0 fully saturated rings. The number of nitrogens with one attached hydrogen (secondary N) is 2. The number of aromatic nitrogens is 2. The molecule has 0 aliphatic carbocycles. The van der Waals surface area contributed by atoms with Crippen LogP contribution in [0.3, 0.4) is 0 Å². The van der Waals surface area contributed by atoms with E-state index in [1.165, 1.54) is 18.5 Å². The lowest BCUT2D eigenvalue weighted by Gasteiger charge is -2.13. The molecule has 24 heavy (non-hydrogen) atoms. The Balaban J connectivity index is 1.86. The van der Waals surface area contributed by atoms with Crippen molar-refractivity contribution in [3.05, 3.63) is 65.7 Å². The summed E-state index contributed by atoms with van der Waals surface area (Å²) in [5.74, 6) is 0.677. The van der Waals surface area contributed by atoms with Gasteiger partial charge in [-0.15, -0.1) is 0 Å². The molecule has 0 saturated carbocycles. The third kappa shape index (κ3) is 3.60. The number of nitrogen functional groups attached to an aromatic ring is 1. The highest BCUT2D eigenvalue weighted by atomic mass is 19.1. The Morgan fingerprint density at radius 2 is 1.38 bits per heavy atom. The summed E-state index contributed by atoms with van der Waals surface area (Å²) in [6.45, 7) is 4.06. The van der Waals surface area contributed by atoms with Crippen molar-refractivity contribution in [1.82, 2.24) is 9.97 Å². The molecule has 1 heterocycles. The van der Waals surface area contributed by atoms with Gasteiger partial charge in [-0.2, -0.15) is 0 Å². The minimum atomic E-state index is -0.298. The van der Waals surface area contributed by atoms with Gasteiger partial charge in [-0.3, -0.25) is 0 Å². The predicted octanol–water partition coefficient (Wildman–Crippen LogP) is 4.30. The van der Waals surface area contributed by atoms with Crippen molar-refractivity contribution in [1.29, 1.82) is 0 Å². The van der Waals surface area contributed by atoms with Gasteiger partial charge in [0.1, 0.15) is 17.8 Å². The van der Waals surface area contributed by atoms with Crippen LogP contribution < -0.4 is 16.4 Å². The second-order valence-corrected chi connectivity index (χ2v) is 5.62. The summed E-state index contributed by atoms with van der Waals surface area (Å²) < 4.78 is 13.0. The lowest BCUT2D eigenvalue weighted by molar-refractivity contribution is 0.628. The topological polar surface area (TPSA) is 75.9 Å². The van der Waals surface area contributed by atoms with E-state index in [4.69, 9.17) is 5.73 Å². The normalized spacial score (nSPS) is 10.5. The summed E-state index contributed by atoms with van der Waals surface area (Å²) in [5, 5.41) is 6.28. The average Bonchev–Trinajstić information content (AvgIpc) is 2.52. The van der Waals surface area contributed by atoms with E-state index >= 15 is 0 Å². The highest BCUT2D eigenvalue weighted by molar-refractivity contribution is 5.80. The van der Waals surface area contributed by atoms with Crippen LogP contribution in [0.15, 0.2) is 48.8 Å². The summed E-state index contributed by atoms with van der Waals surface area (Å²) in [6.07, 6.45) is 1.42. The predicted molar refractivity (Wildman–Crippen MR) is 95.3 cm³/mol. The molecule has 0 aliphatic rings. The van der Waals surface area contributed by atoms with Crippen LogP contribution in [0.2, 0.25) is 0 Å². The largest absolute Gasteiger partial charge is 0.393 e. The third-order valence-corrected chi connectivity index (χ3v) is 3.48. The lowest BCUT2D eigenvalue weighted by atomic mass is 10.1. The molecular weight excluding hydrogens is 305 g/mol. The zero-order chi connectivity index (χ0) is 17.1. The smallest absolute Gasteiger partial charge is 0.159 e. The van der Waals surface area contributed by atoms with E-state index in [1.807, 2.05) is 26.0 Å². The monoisotopic (exact) mass is 323 g/mol. The Morgan fingerprint density at radius 3 is 1.96 bits per heavy atom. The molecular formula is C18H18FN5. The fourth-order valence-corrected chi connectivity index (χ4v) is 2.45. The number of hydrogen-bond donors (Lipinski definition) is 3. The minimum absolute atomic E-state index is 0.298. The van der Waals surface area contributed by atoms with Gasteiger partial charge in [0.05, 0.1) is 0 Å². The fourth-order valence-electron chi connectivity index (χ4n) is 2.45. The van der Waals surface area contributed by atoms with Gasteiger partial charge in [-0.1, -0.05) is 6.07 Å². The summed E-state index contributed by atoms with van der Waals surface area (Å²) in [4.78, 5) is 8.35. The second-order valence-electron chi connectivity index (χ2n) is 5.62. The van der Waals surface area contributed by atoms with Gasteiger partial charge in [0.2, 0.25) is 0 Å². The van der Waals surface area contributed by atoms with Crippen LogP contribution in [0.25, 0.3) is 0 Å². The van der Waals surface area contributed by atoms with Crippen molar-refractivity contribution in [2.45, 2.75) is 13.8 Å². The maximum absolute atomic E-state index is 13.0. The Kier molecular flexibility index (Phi) is 4.29. The summed E-state index contributed by atoms with van der Waals surface area (Å²) in [5.41, 5.74) is 10.4. The van der Waals surface area contributed by atoms with Crippen molar-refractivity contribution >= 4 is 28.7 Å². The Morgan fingerprint density at radius 1 is 0.833 bits per heavy atom. The minimum Gasteiger partial charge on any atom is -0.393 e. The van der Waals surface area contributed by atoms with Crippen molar-refractivity contribution in [3.63, 3.8) is 0 Å². The van der Waals surface area contributed by atoms with Crippen molar-refractivity contribution in [3.8, 4) is 0 Å². The highest BCUT2D eigenvalue weighted by Gasteiger charge is 2.09. The van der Waals surface area contributed by atoms with Gasteiger partial charge in [0.25, 0.3) is 0 Å². The Bertz CT molecular complexity index is 842. The molecule has 6 heteroatoms. The molecule has 0 unspecified atom stereocenters. The summed E-state index contributed by atoms with van der Waals surface area (Å²) in [7, 11) is 0. The van der Waals surface area contributed by atoms with E-state index in [2.05, 4.69) is 26.7 Å². The molecule has 0 bridgehead atoms. The van der Waals surface area contributed by atoms with Gasteiger partial charge in [0.15, 0.2) is 11.6 Å². The first-order valence-electron chi connectivity index (χ1n) is 7.49. The zero-order valence-electron chi connectivity index (χ0n) is 13.5. The molecule has 0 atom stereocenters. The quantitative estimate of drug-likeness (QED) is 0.667. The van der Waals surface area contributed by atoms with Crippen molar-refractivity contribution in [2.24, 2.45) is 0 Å². The van der Waals surface area contributed by atoms with Crippen LogP contribution in [-0.2, 0) is 0 Å². The standard InChI is InChI=1S/C18H18FN5/c1-11-7-12(2)9-15(8-11)24-18-16(20)17(21-10-22-18)23-14-5-3-13(19)4-6-14/h3-10H,20H2,1-2H3,(H2,21,22,23,24). The molecule has 5 nitrogen and oxygen atoms in total. The maximum Gasteiger partial charge on any atom is 0.159 e. The van der Waals surface area contributed by atoms with E-state index in [0.29, 0.717) is 23.0 Å². The number of anilines is 5. The van der Waals surface area contributed by atoms with Gasteiger partial charge in [-0.25, -0.2) is 14.4 Å². The molecule has 0 amide bonds. The average molecular weight is 323 g/mol. The van der Waals surface area contributed by atoms with E-state index < -0.39 is 0 Å². The maximum atomic E-state index is 13.0. The van der Waals surface area contributed by atoms with Crippen LogP contribution in [0.4, 0.5) is 33.1 Å². The zero-order valence-corrected chi connectivity index (χ0v) is 13.5. The van der Waals surface area contributed by atoms with Gasteiger partial charge < -0.3 is 16.4 Å². The first-order chi connectivity index (χ1) is 11.5. The molecule has 122 valence electrons. The van der Waals surface area contributed by atoms with Crippen LogP contribution in [0.5, 0.6) is 0 Å². The third-order valence-electron chi connectivity index (χ3n) is 3.48. The SMILES string of the molecule is Cc1cc(C)cc(Nc2ncnc(Nc3ccc(F)cc3)c2N)c1. The van der Waals surface area contributed by atoms with Gasteiger partial charge in [-0.05, 0) is 61.4 Å². The van der Waals surface area contributed by atoms with Crippen LogP contribution in [-0.4, -0.2) is 9.97 Å². The van der Waals surface area contributed by atoms with E-state index in [9.17, 15) is 4.39 Å². The number of hydrogen-bond acceptors (Lipinski definition) is 5. The number of nitrogens with zero attached hydrogens (tertiary/aromatic N) is 2. The lowest BCUT2D eigenvalue weighted by Crippen LogP contribution is -2.05. The van der Waals surface area contributed by atoms with Crippen molar-refractivity contribution < 1.29 is 4.39 Å². The Labute approximate surface area is 139 Å². The molecule has 4 N–H and O–H groups in total. The van der Waals surface area contributed by atoms with Gasteiger partial charge >= 0.3 is 0 Å². The van der Waals surface area contributed by atoms with Crippen LogP contribution in [0.1, 0.15) is 11.1 Å². The van der Waals surface area contributed by atoms with E-state index in [-0.39, 0.29) is 5.82 Å². The number of rotatable bonds is 4. The first-order valence-corrected chi connectivity index (χ1v) is 7.49. The Hall–Kier alpha value is -3.15. The van der Waals surface area contributed by atoms with E-state index in [0.717, 1.165) is 16.8 Å². The first kappa shape index (κ1) is 15.7. The molecule has 1 aromatic heterocycles. The summed E-state index contributed by atoms with van der Waals surface area (Å²) >= 11 is 0. The molecule has 0 radical (unpaired) electrons. The number of nitrogens with two attached hydrogens (primary N) is 1. The molecule has 2 aromatic carbocycles. The molecule has 0 aliphatic heterocycles. The molecule has 0 saturated heterocycles. The van der Waals surface area contributed by atoms with E-state index in [1.54, 1.807) is 12.1 Å². The second kappa shape index (κ2) is 6.54. The number of aryl methyl sites for hydroxylation is 2. The fraction of sp³-hybridized carbons (Fsp3) is 0.111. The summed E-state index contributed by atoms with van der Waals surface area (Å²) in [6, 6.07) is 12.1. The van der Waals surface area contributed by atoms with Crippen molar-refractivity contribution in [2.75, 3.05) is 16.4 Å². The van der Waals surface area contributed by atoms with Gasteiger partial charge in [0, 0.05) is 11.4 Å². The molecule has 3 rings (SSSR count). The highest BCUT2D eigenvalue weighted by Crippen LogP contribution is 2.28. The molecule has 0 spiro atoms. The number of halogens is 1. The van der Waals surface area contributed by atoms with Crippen LogP contribution in [0, 0.1) is 19.7 Å². The number of benzene rings is 2. The van der Waals surface area contributed by atoms with Crippen LogP contribution >= 0.6 is 0 Å². The molecule has 3 aromatic rings.